The van der Waals surface area contributed by atoms with Crippen molar-refractivity contribution in [1.29, 1.82) is 5.26 Å². The summed E-state index contributed by atoms with van der Waals surface area (Å²) in [7, 11) is 0. The summed E-state index contributed by atoms with van der Waals surface area (Å²) in [5.74, 6) is 0. The van der Waals surface area contributed by atoms with E-state index in [0.29, 0.717) is 0 Å². The Morgan fingerprint density at radius 2 is 1.15 bits per heavy atom. The Hall–Kier alpha value is -3.15. The number of benzene rings is 3. The highest BCUT2D eigenvalue weighted by molar-refractivity contribution is 5.79. The molecule has 0 saturated carbocycles. The Bertz CT molecular complexity index is 904. The summed E-state index contributed by atoms with van der Waals surface area (Å²) in [6.07, 6.45) is 1.70. The molecule has 1 aliphatic rings. The standard InChI is InChI=1S/C25H22N2/c26-18-23(19-10-4-1-5-11-19)22-16-24(20-12-6-2-7-13-20)27-25(17-22)21-14-8-3-9-15-21/h1-15,24-25,27H,16-17H2/t24-,25+. The van der Waals surface area contributed by atoms with Crippen molar-refractivity contribution < 1.29 is 0 Å². The summed E-state index contributed by atoms with van der Waals surface area (Å²) in [6.45, 7) is 0. The maximum atomic E-state index is 9.92. The molecule has 132 valence electrons. The van der Waals surface area contributed by atoms with E-state index in [9.17, 15) is 5.26 Å². The molecule has 0 bridgehead atoms. The lowest BCUT2D eigenvalue weighted by Crippen LogP contribution is -2.32. The van der Waals surface area contributed by atoms with Crippen LogP contribution in [0.2, 0.25) is 0 Å². The molecule has 0 aliphatic carbocycles. The van der Waals surface area contributed by atoms with Crippen molar-refractivity contribution in [2.75, 3.05) is 0 Å². The van der Waals surface area contributed by atoms with Gasteiger partial charge < -0.3 is 5.32 Å². The molecule has 1 saturated heterocycles. The van der Waals surface area contributed by atoms with Crippen molar-refractivity contribution in [2.24, 2.45) is 0 Å². The molecule has 4 rings (SSSR count). The molecule has 27 heavy (non-hydrogen) atoms. The third-order valence-corrected chi connectivity index (χ3v) is 5.24. The topological polar surface area (TPSA) is 35.8 Å². The number of nitrogens with zero attached hydrogens (tertiary/aromatic N) is 1. The molecule has 0 spiro atoms. The number of rotatable bonds is 3. The van der Waals surface area contributed by atoms with Crippen molar-refractivity contribution in [2.45, 2.75) is 24.9 Å². The van der Waals surface area contributed by atoms with E-state index >= 15 is 0 Å². The van der Waals surface area contributed by atoms with Crippen molar-refractivity contribution >= 4 is 5.57 Å². The van der Waals surface area contributed by atoms with Gasteiger partial charge in [0.1, 0.15) is 0 Å². The van der Waals surface area contributed by atoms with E-state index in [1.165, 1.54) is 16.7 Å². The van der Waals surface area contributed by atoms with Crippen LogP contribution in [0.1, 0.15) is 41.6 Å². The Morgan fingerprint density at radius 3 is 1.59 bits per heavy atom. The number of piperidine rings is 1. The van der Waals surface area contributed by atoms with Gasteiger partial charge in [0.15, 0.2) is 0 Å². The third-order valence-electron chi connectivity index (χ3n) is 5.24. The van der Waals surface area contributed by atoms with Gasteiger partial charge in [-0.2, -0.15) is 5.26 Å². The van der Waals surface area contributed by atoms with E-state index < -0.39 is 0 Å². The number of nitriles is 1. The fourth-order valence-electron chi connectivity index (χ4n) is 3.89. The molecule has 2 heteroatoms. The highest BCUT2D eigenvalue weighted by atomic mass is 15.0. The third kappa shape index (κ3) is 3.84. The van der Waals surface area contributed by atoms with Gasteiger partial charge in [-0.05, 0) is 35.1 Å². The van der Waals surface area contributed by atoms with Crippen LogP contribution >= 0.6 is 0 Å². The zero-order valence-electron chi connectivity index (χ0n) is 15.2. The number of hydrogen-bond acceptors (Lipinski definition) is 2. The molecule has 1 fully saturated rings. The van der Waals surface area contributed by atoms with E-state index in [-0.39, 0.29) is 12.1 Å². The predicted octanol–water partition coefficient (Wildman–Crippen LogP) is 5.83. The van der Waals surface area contributed by atoms with E-state index in [4.69, 9.17) is 0 Å². The first-order valence-electron chi connectivity index (χ1n) is 9.38. The second-order valence-corrected chi connectivity index (χ2v) is 6.96. The molecule has 3 aromatic carbocycles. The molecular formula is C25H22N2. The van der Waals surface area contributed by atoms with E-state index in [1.54, 1.807) is 0 Å². The lowest BCUT2D eigenvalue weighted by molar-refractivity contribution is 0.389. The quantitative estimate of drug-likeness (QED) is 0.603. The van der Waals surface area contributed by atoms with Crippen LogP contribution in [0.3, 0.4) is 0 Å². The summed E-state index contributed by atoms with van der Waals surface area (Å²) in [6, 6.07) is 34.0. The number of nitrogens with one attached hydrogen (secondary N) is 1. The van der Waals surface area contributed by atoms with Crippen molar-refractivity contribution in [1.82, 2.24) is 5.32 Å². The average Bonchev–Trinajstić information content (AvgIpc) is 2.76. The zero-order valence-corrected chi connectivity index (χ0v) is 15.2. The molecule has 0 unspecified atom stereocenters. The Balaban J connectivity index is 1.77. The van der Waals surface area contributed by atoms with Gasteiger partial charge in [0.05, 0.1) is 11.6 Å². The Morgan fingerprint density at radius 1 is 0.704 bits per heavy atom. The van der Waals surface area contributed by atoms with Gasteiger partial charge in [0, 0.05) is 12.1 Å². The Kier molecular flexibility index (Phi) is 5.14. The monoisotopic (exact) mass is 350 g/mol. The molecule has 3 aromatic rings. The maximum absolute atomic E-state index is 9.92. The molecule has 1 aliphatic heterocycles. The van der Waals surface area contributed by atoms with Crippen LogP contribution in [0.15, 0.2) is 96.6 Å². The van der Waals surface area contributed by atoms with Gasteiger partial charge in [-0.15, -0.1) is 0 Å². The second-order valence-electron chi connectivity index (χ2n) is 6.96. The van der Waals surface area contributed by atoms with Crippen LogP contribution in [-0.4, -0.2) is 0 Å². The molecule has 0 radical (unpaired) electrons. The second kappa shape index (κ2) is 8.03. The van der Waals surface area contributed by atoms with Gasteiger partial charge in [-0.3, -0.25) is 0 Å². The minimum atomic E-state index is 0.201. The minimum Gasteiger partial charge on any atom is -0.302 e. The first-order chi connectivity index (χ1) is 13.3. The SMILES string of the molecule is N#CC(=C1C[C@@H](c2ccccc2)N[C@@H](c2ccccc2)C1)c1ccccc1. The van der Waals surface area contributed by atoms with Crippen molar-refractivity contribution in [3.8, 4) is 6.07 Å². The minimum absolute atomic E-state index is 0.201. The molecule has 1 N–H and O–H groups in total. The van der Waals surface area contributed by atoms with Crippen LogP contribution in [0.4, 0.5) is 0 Å². The normalized spacial score (nSPS) is 21.3. The highest BCUT2D eigenvalue weighted by Gasteiger charge is 2.28. The smallest absolute Gasteiger partial charge is 0.0997 e. The molecular weight excluding hydrogens is 328 g/mol. The largest absolute Gasteiger partial charge is 0.302 e. The van der Waals surface area contributed by atoms with Crippen molar-refractivity contribution in [3.05, 3.63) is 113 Å². The summed E-state index contributed by atoms with van der Waals surface area (Å²) in [5, 5.41) is 13.7. The lowest BCUT2D eigenvalue weighted by atomic mass is 9.83. The number of hydrogen-bond donors (Lipinski definition) is 1. The molecule has 2 nitrogen and oxygen atoms in total. The fourth-order valence-corrected chi connectivity index (χ4v) is 3.89. The van der Waals surface area contributed by atoms with Crippen LogP contribution < -0.4 is 5.32 Å². The van der Waals surface area contributed by atoms with Gasteiger partial charge in [0.25, 0.3) is 0 Å². The fraction of sp³-hybridized carbons (Fsp3) is 0.160. The first-order valence-corrected chi connectivity index (χ1v) is 9.38. The summed E-state index contributed by atoms with van der Waals surface area (Å²) in [5.41, 5.74) is 5.58. The molecule has 2 atom stereocenters. The van der Waals surface area contributed by atoms with Gasteiger partial charge >= 0.3 is 0 Å². The highest BCUT2D eigenvalue weighted by Crippen LogP contribution is 2.39. The van der Waals surface area contributed by atoms with E-state index in [2.05, 4.69) is 59.9 Å². The summed E-state index contributed by atoms with van der Waals surface area (Å²) >= 11 is 0. The van der Waals surface area contributed by atoms with E-state index in [0.717, 1.165) is 24.0 Å². The average molecular weight is 350 g/mol. The molecule has 0 aromatic heterocycles. The van der Waals surface area contributed by atoms with Crippen LogP contribution in [0.5, 0.6) is 0 Å². The van der Waals surface area contributed by atoms with Gasteiger partial charge in [-0.1, -0.05) is 91.0 Å². The molecule has 0 amide bonds. The maximum Gasteiger partial charge on any atom is 0.0997 e. The van der Waals surface area contributed by atoms with Crippen LogP contribution in [0.25, 0.3) is 5.57 Å². The predicted molar refractivity (Wildman–Crippen MR) is 110 cm³/mol. The summed E-state index contributed by atoms with van der Waals surface area (Å²) < 4.78 is 0. The zero-order chi connectivity index (χ0) is 18.5. The van der Waals surface area contributed by atoms with Gasteiger partial charge in [0.2, 0.25) is 0 Å². The lowest BCUT2D eigenvalue weighted by Gasteiger charge is -2.34. The first kappa shape index (κ1) is 17.3. The van der Waals surface area contributed by atoms with E-state index in [1.807, 2.05) is 42.5 Å². The van der Waals surface area contributed by atoms with Gasteiger partial charge in [-0.25, -0.2) is 0 Å². The Labute approximate surface area is 160 Å². The molecule has 1 heterocycles. The van der Waals surface area contributed by atoms with Crippen molar-refractivity contribution in [3.63, 3.8) is 0 Å². The summed E-state index contributed by atoms with van der Waals surface area (Å²) in [4.78, 5) is 0. The number of allylic oxidation sites excluding steroid dienone is 1. The van der Waals surface area contributed by atoms with Crippen LogP contribution in [-0.2, 0) is 0 Å². The van der Waals surface area contributed by atoms with Crippen LogP contribution in [0, 0.1) is 11.3 Å².